The lowest BCUT2D eigenvalue weighted by Crippen LogP contribution is -2.29. The van der Waals surface area contributed by atoms with E-state index in [0.717, 1.165) is 24.1 Å². The summed E-state index contributed by atoms with van der Waals surface area (Å²) in [5, 5.41) is 13.7. The van der Waals surface area contributed by atoms with Crippen molar-refractivity contribution in [3.05, 3.63) is 59.4 Å². The van der Waals surface area contributed by atoms with E-state index < -0.39 is 17.5 Å². The Labute approximate surface area is 170 Å². The fourth-order valence-corrected chi connectivity index (χ4v) is 3.21. The van der Waals surface area contributed by atoms with Crippen LogP contribution in [-0.4, -0.2) is 38.3 Å². The molecule has 0 atom stereocenters. The van der Waals surface area contributed by atoms with E-state index in [9.17, 15) is 13.6 Å². The number of aromatic nitrogens is 4. The SMILES string of the molecule is CC1(C)Cc2cccc(OCC(=O)NCc3nnnn3-c3ccc(F)c(F)c3)c2O1. The van der Waals surface area contributed by atoms with Gasteiger partial charge in [0.1, 0.15) is 5.60 Å². The summed E-state index contributed by atoms with van der Waals surface area (Å²) in [6, 6.07) is 8.85. The van der Waals surface area contributed by atoms with E-state index in [1.54, 1.807) is 6.07 Å². The highest BCUT2D eigenvalue weighted by molar-refractivity contribution is 5.77. The average Bonchev–Trinajstić information content (AvgIpc) is 3.29. The summed E-state index contributed by atoms with van der Waals surface area (Å²) in [7, 11) is 0. The Kier molecular flexibility index (Phi) is 5.06. The van der Waals surface area contributed by atoms with Gasteiger partial charge in [0.2, 0.25) is 0 Å². The molecule has 4 rings (SSSR count). The van der Waals surface area contributed by atoms with E-state index in [-0.39, 0.29) is 30.3 Å². The molecule has 2 heterocycles. The van der Waals surface area contributed by atoms with Gasteiger partial charge in [-0.25, -0.2) is 8.78 Å². The number of para-hydroxylation sites is 1. The van der Waals surface area contributed by atoms with E-state index in [0.29, 0.717) is 11.5 Å². The molecule has 3 aromatic rings. The molecule has 0 radical (unpaired) electrons. The zero-order valence-electron chi connectivity index (χ0n) is 16.4. The Hall–Kier alpha value is -3.56. The number of nitrogens with one attached hydrogen (secondary N) is 1. The van der Waals surface area contributed by atoms with Gasteiger partial charge in [0, 0.05) is 18.1 Å². The van der Waals surface area contributed by atoms with Crippen LogP contribution in [0, 0.1) is 11.6 Å². The molecule has 1 aliphatic rings. The Balaban J connectivity index is 1.37. The second-order valence-corrected chi connectivity index (χ2v) is 7.45. The van der Waals surface area contributed by atoms with Crippen LogP contribution in [0.1, 0.15) is 25.2 Å². The third-order valence-corrected chi connectivity index (χ3v) is 4.54. The maximum Gasteiger partial charge on any atom is 0.258 e. The quantitative estimate of drug-likeness (QED) is 0.665. The molecule has 0 bridgehead atoms. The van der Waals surface area contributed by atoms with Crippen molar-refractivity contribution in [3.8, 4) is 17.2 Å². The summed E-state index contributed by atoms with van der Waals surface area (Å²) in [6.45, 7) is 3.72. The predicted octanol–water partition coefficient (Wildman–Crippen LogP) is 2.35. The van der Waals surface area contributed by atoms with Gasteiger partial charge in [0.15, 0.2) is 35.6 Å². The third-order valence-electron chi connectivity index (χ3n) is 4.54. The topological polar surface area (TPSA) is 91.2 Å². The predicted molar refractivity (Wildman–Crippen MR) is 101 cm³/mol. The smallest absolute Gasteiger partial charge is 0.258 e. The zero-order valence-corrected chi connectivity index (χ0v) is 16.4. The molecule has 0 fully saturated rings. The fourth-order valence-electron chi connectivity index (χ4n) is 3.21. The van der Waals surface area contributed by atoms with Crippen molar-refractivity contribution in [2.45, 2.75) is 32.4 Å². The normalized spacial score (nSPS) is 14.1. The molecule has 0 aliphatic carbocycles. The Morgan fingerprint density at radius 1 is 1.27 bits per heavy atom. The highest BCUT2D eigenvalue weighted by atomic mass is 19.2. The molecule has 10 heteroatoms. The molecule has 0 saturated carbocycles. The molecule has 1 N–H and O–H groups in total. The van der Waals surface area contributed by atoms with Crippen molar-refractivity contribution < 1.29 is 23.0 Å². The number of halogens is 2. The van der Waals surface area contributed by atoms with E-state index >= 15 is 0 Å². The van der Waals surface area contributed by atoms with E-state index in [1.807, 2.05) is 26.0 Å². The van der Waals surface area contributed by atoms with Crippen molar-refractivity contribution in [1.82, 2.24) is 25.5 Å². The lowest BCUT2D eigenvalue weighted by molar-refractivity contribution is -0.123. The molecule has 156 valence electrons. The van der Waals surface area contributed by atoms with Crippen LogP contribution in [-0.2, 0) is 17.8 Å². The number of hydrogen-bond acceptors (Lipinski definition) is 6. The molecule has 8 nitrogen and oxygen atoms in total. The van der Waals surface area contributed by atoms with Crippen LogP contribution in [0.4, 0.5) is 8.78 Å². The Morgan fingerprint density at radius 2 is 2.10 bits per heavy atom. The van der Waals surface area contributed by atoms with E-state index in [1.165, 1.54) is 10.7 Å². The van der Waals surface area contributed by atoms with Crippen molar-refractivity contribution in [3.63, 3.8) is 0 Å². The summed E-state index contributed by atoms with van der Waals surface area (Å²) >= 11 is 0. The van der Waals surface area contributed by atoms with Crippen LogP contribution in [0.3, 0.4) is 0 Å². The molecule has 0 saturated heterocycles. The Bertz CT molecular complexity index is 1100. The van der Waals surface area contributed by atoms with Gasteiger partial charge in [-0.1, -0.05) is 12.1 Å². The van der Waals surface area contributed by atoms with Gasteiger partial charge in [-0.05, 0) is 42.5 Å². The number of carbonyl (C=O) groups is 1. The van der Waals surface area contributed by atoms with Gasteiger partial charge in [0.25, 0.3) is 5.91 Å². The fraction of sp³-hybridized carbons (Fsp3) is 0.300. The first kappa shape index (κ1) is 19.7. The lowest BCUT2D eigenvalue weighted by Gasteiger charge is -2.18. The molecular formula is C20H19F2N5O3. The first-order valence-electron chi connectivity index (χ1n) is 9.25. The molecule has 1 aliphatic heterocycles. The van der Waals surface area contributed by atoms with Crippen LogP contribution in [0.2, 0.25) is 0 Å². The summed E-state index contributed by atoms with van der Waals surface area (Å²) in [5.74, 6) is -0.993. The lowest BCUT2D eigenvalue weighted by atomic mass is 10.0. The monoisotopic (exact) mass is 415 g/mol. The number of amides is 1. The Morgan fingerprint density at radius 3 is 2.90 bits per heavy atom. The maximum absolute atomic E-state index is 13.5. The van der Waals surface area contributed by atoms with Crippen LogP contribution in [0.25, 0.3) is 5.69 Å². The molecule has 30 heavy (non-hydrogen) atoms. The molecule has 0 unspecified atom stereocenters. The number of carbonyl (C=O) groups excluding carboxylic acids is 1. The molecule has 1 amide bonds. The van der Waals surface area contributed by atoms with Gasteiger partial charge < -0.3 is 14.8 Å². The van der Waals surface area contributed by atoms with Gasteiger partial charge in [-0.3, -0.25) is 4.79 Å². The summed E-state index contributed by atoms with van der Waals surface area (Å²) in [6.07, 6.45) is 0.762. The van der Waals surface area contributed by atoms with Crippen molar-refractivity contribution in [1.29, 1.82) is 0 Å². The van der Waals surface area contributed by atoms with Crippen LogP contribution in [0.5, 0.6) is 11.5 Å². The van der Waals surface area contributed by atoms with Crippen molar-refractivity contribution >= 4 is 5.91 Å². The number of fused-ring (bicyclic) bond motifs is 1. The van der Waals surface area contributed by atoms with Crippen LogP contribution < -0.4 is 14.8 Å². The van der Waals surface area contributed by atoms with Crippen LogP contribution >= 0.6 is 0 Å². The summed E-state index contributed by atoms with van der Waals surface area (Å²) in [5.41, 5.74) is 0.948. The average molecular weight is 415 g/mol. The standard InChI is InChI=1S/C20H19F2N5O3/c1-20(2)9-12-4-3-5-16(19(12)30-20)29-11-18(28)23-10-17-24-25-26-27(17)13-6-7-14(21)15(22)8-13/h3-8H,9-11H2,1-2H3,(H,23,28). The molecule has 2 aromatic carbocycles. The maximum atomic E-state index is 13.5. The minimum absolute atomic E-state index is 0.0232. The summed E-state index contributed by atoms with van der Waals surface area (Å²) in [4.78, 5) is 12.2. The van der Waals surface area contributed by atoms with Gasteiger partial charge in [-0.2, -0.15) is 4.68 Å². The first-order valence-corrected chi connectivity index (χ1v) is 9.25. The second kappa shape index (κ2) is 7.69. The number of ether oxygens (including phenoxy) is 2. The number of nitrogens with zero attached hydrogens (tertiary/aromatic N) is 4. The van der Waals surface area contributed by atoms with Crippen molar-refractivity contribution in [2.24, 2.45) is 0 Å². The van der Waals surface area contributed by atoms with Crippen molar-refractivity contribution in [2.75, 3.05) is 6.61 Å². The van der Waals surface area contributed by atoms with Crippen LogP contribution in [0.15, 0.2) is 36.4 Å². The highest BCUT2D eigenvalue weighted by Crippen LogP contribution is 2.41. The number of hydrogen-bond donors (Lipinski definition) is 1. The van der Waals surface area contributed by atoms with E-state index in [4.69, 9.17) is 9.47 Å². The molecular weight excluding hydrogens is 396 g/mol. The molecule has 0 spiro atoms. The van der Waals surface area contributed by atoms with Gasteiger partial charge >= 0.3 is 0 Å². The largest absolute Gasteiger partial charge is 0.483 e. The zero-order chi connectivity index (χ0) is 21.3. The highest BCUT2D eigenvalue weighted by Gasteiger charge is 2.32. The second-order valence-electron chi connectivity index (χ2n) is 7.45. The number of tetrazole rings is 1. The first-order chi connectivity index (χ1) is 14.3. The summed E-state index contributed by atoms with van der Waals surface area (Å²) < 4.78 is 39.4. The van der Waals surface area contributed by atoms with E-state index in [2.05, 4.69) is 20.8 Å². The minimum Gasteiger partial charge on any atom is -0.483 e. The van der Waals surface area contributed by atoms with Gasteiger partial charge in [-0.15, -0.1) is 5.10 Å². The molecule has 1 aromatic heterocycles. The van der Waals surface area contributed by atoms with Gasteiger partial charge in [0.05, 0.1) is 12.2 Å². The number of benzene rings is 2. The minimum atomic E-state index is -1.02. The third kappa shape index (κ3) is 4.07. The number of rotatable bonds is 6.